The minimum Gasteiger partial charge on any atom is -0.490 e. The molecule has 1 aliphatic heterocycles. The molecule has 0 unspecified atom stereocenters. The molecule has 0 bridgehead atoms. The molecule has 168 valence electrons. The molecule has 32 heavy (non-hydrogen) atoms. The van der Waals surface area contributed by atoms with Gasteiger partial charge in [-0.15, -0.1) is 0 Å². The number of likely N-dealkylation sites (tertiary alicyclic amines) is 1. The molecule has 0 aliphatic carbocycles. The second-order valence-corrected chi connectivity index (χ2v) is 7.39. The Kier molecular flexibility index (Phi) is 6.63. The van der Waals surface area contributed by atoms with Crippen molar-refractivity contribution in [2.24, 2.45) is 0 Å². The zero-order valence-electron chi connectivity index (χ0n) is 18.7. The first-order chi connectivity index (χ1) is 15.6. The number of aromatic nitrogens is 1. The first-order valence-electron chi connectivity index (χ1n) is 11.0. The zero-order chi connectivity index (χ0) is 22.5. The third kappa shape index (κ3) is 4.56. The molecule has 0 N–H and O–H groups in total. The van der Waals surface area contributed by atoms with E-state index in [0.29, 0.717) is 61.6 Å². The monoisotopic (exact) mass is 436 g/mol. The molecule has 2 heterocycles. The Balaban J connectivity index is 1.45. The van der Waals surface area contributed by atoms with Gasteiger partial charge in [0.15, 0.2) is 11.5 Å². The van der Waals surface area contributed by atoms with Gasteiger partial charge >= 0.3 is 0 Å². The fraction of sp³-hybridized carbons (Fsp3) is 0.360. The van der Waals surface area contributed by atoms with Gasteiger partial charge in [-0.2, -0.15) is 0 Å². The van der Waals surface area contributed by atoms with Crippen molar-refractivity contribution in [2.75, 3.05) is 32.9 Å². The molecule has 2 aromatic carbocycles. The predicted octanol–water partition coefficient (Wildman–Crippen LogP) is 4.33. The molecular formula is C25H28N2O5. The van der Waals surface area contributed by atoms with Crippen LogP contribution in [0.4, 0.5) is 0 Å². The molecule has 0 saturated carbocycles. The van der Waals surface area contributed by atoms with Crippen LogP contribution >= 0.6 is 0 Å². The SMILES string of the molecule is CCOc1cc(C(=O)N2CC(Oc3ccc4ccccc4n3)C2)cc(OCC)c1OCC. The van der Waals surface area contributed by atoms with E-state index in [2.05, 4.69) is 4.98 Å². The van der Waals surface area contributed by atoms with Crippen molar-refractivity contribution in [3.05, 3.63) is 54.1 Å². The van der Waals surface area contributed by atoms with E-state index in [0.717, 1.165) is 10.9 Å². The van der Waals surface area contributed by atoms with Gasteiger partial charge in [-0.1, -0.05) is 18.2 Å². The Morgan fingerprint density at radius 1 is 0.938 bits per heavy atom. The van der Waals surface area contributed by atoms with E-state index >= 15 is 0 Å². The van der Waals surface area contributed by atoms with E-state index in [-0.39, 0.29) is 12.0 Å². The molecule has 4 rings (SSSR count). The molecule has 1 saturated heterocycles. The minimum atomic E-state index is -0.0960. The van der Waals surface area contributed by atoms with E-state index in [1.165, 1.54) is 0 Å². The number of ether oxygens (including phenoxy) is 4. The van der Waals surface area contributed by atoms with Crippen LogP contribution in [0.3, 0.4) is 0 Å². The summed E-state index contributed by atoms with van der Waals surface area (Å²) in [6.45, 7) is 8.06. The summed E-state index contributed by atoms with van der Waals surface area (Å²) in [5, 5.41) is 1.07. The van der Waals surface area contributed by atoms with Crippen LogP contribution in [-0.4, -0.2) is 54.8 Å². The number of benzene rings is 2. The van der Waals surface area contributed by atoms with Gasteiger partial charge in [0.25, 0.3) is 5.91 Å². The lowest BCUT2D eigenvalue weighted by molar-refractivity contribution is 0.0161. The van der Waals surface area contributed by atoms with E-state index in [9.17, 15) is 4.79 Å². The number of para-hydroxylation sites is 1. The Labute approximate surface area is 187 Å². The molecule has 1 aromatic heterocycles. The molecular weight excluding hydrogens is 408 g/mol. The summed E-state index contributed by atoms with van der Waals surface area (Å²) >= 11 is 0. The summed E-state index contributed by atoms with van der Waals surface area (Å²) < 4.78 is 23.1. The van der Waals surface area contributed by atoms with E-state index in [1.807, 2.05) is 57.2 Å². The summed E-state index contributed by atoms with van der Waals surface area (Å²) in [6.07, 6.45) is -0.0898. The number of nitrogens with zero attached hydrogens (tertiary/aromatic N) is 2. The number of carbonyl (C=O) groups excluding carboxylic acids is 1. The summed E-state index contributed by atoms with van der Waals surface area (Å²) in [5.74, 6) is 2.02. The third-order valence-electron chi connectivity index (χ3n) is 5.15. The molecule has 1 amide bonds. The van der Waals surface area contributed by atoms with Crippen molar-refractivity contribution in [3.8, 4) is 23.1 Å². The highest BCUT2D eigenvalue weighted by Crippen LogP contribution is 2.39. The zero-order valence-corrected chi connectivity index (χ0v) is 18.7. The first kappa shape index (κ1) is 21.7. The summed E-state index contributed by atoms with van der Waals surface area (Å²) in [4.78, 5) is 19.4. The maximum atomic E-state index is 13.1. The van der Waals surface area contributed by atoms with Crippen LogP contribution in [0.2, 0.25) is 0 Å². The van der Waals surface area contributed by atoms with Crippen molar-refractivity contribution in [1.82, 2.24) is 9.88 Å². The standard InChI is InChI=1S/C25H28N2O5/c1-4-29-21-13-18(14-22(30-5-2)24(21)31-6-3)25(28)27-15-19(16-27)32-23-12-11-17-9-7-8-10-20(17)26-23/h7-14,19H,4-6,15-16H2,1-3H3. The van der Waals surface area contributed by atoms with E-state index in [1.54, 1.807) is 17.0 Å². The third-order valence-corrected chi connectivity index (χ3v) is 5.15. The van der Waals surface area contributed by atoms with Gasteiger partial charge < -0.3 is 23.8 Å². The topological polar surface area (TPSA) is 70.1 Å². The lowest BCUT2D eigenvalue weighted by Crippen LogP contribution is -2.56. The van der Waals surface area contributed by atoms with Crippen LogP contribution in [-0.2, 0) is 0 Å². The lowest BCUT2D eigenvalue weighted by atomic mass is 10.1. The van der Waals surface area contributed by atoms with E-state index in [4.69, 9.17) is 18.9 Å². The predicted molar refractivity (Wildman–Crippen MR) is 122 cm³/mol. The van der Waals surface area contributed by atoms with Gasteiger partial charge in [0.05, 0.1) is 38.4 Å². The van der Waals surface area contributed by atoms with Crippen LogP contribution in [0.15, 0.2) is 48.5 Å². The van der Waals surface area contributed by atoms with Gasteiger partial charge in [-0.3, -0.25) is 4.79 Å². The van der Waals surface area contributed by atoms with Crippen LogP contribution in [0.5, 0.6) is 23.1 Å². The fourth-order valence-electron chi connectivity index (χ4n) is 3.66. The van der Waals surface area contributed by atoms with Gasteiger partial charge in [-0.25, -0.2) is 4.98 Å². The van der Waals surface area contributed by atoms with Gasteiger partial charge in [0.1, 0.15) is 6.10 Å². The first-order valence-corrected chi connectivity index (χ1v) is 11.0. The molecule has 0 radical (unpaired) electrons. The molecule has 0 spiro atoms. The molecule has 1 aliphatic rings. The maximum absolute atomic E-state index is 13.1. The van der Waals surface area contributed by atoms with Crippen molar-refractivity contribution in [2.45, 2.75) is 26.9 Å². The van der Waals surface area contributed by atoms with Crippen LogP contribution in [0.1, 0.15) is 31.1 Å². The van der Waals surface area contributed by atoms with Crippen LogP contribution in [0, 0.1) is 0 Å². The van der Waals surface area contributed by atoms with Crippen molar-refractivity contribution >= 4 is 16.8 Å². The number of carbonyl (C=O) groups is 1. The quantitative estimate of drug-likeness (QED) is 0.497. The van der Waals surface area contributed by atoms with Crippen molar-refractivity contribution < 1.29 is 23.7 Å². The number of rotatable bonds is 9. The smallest absolute Gasteiger partial charge is 0.254 e. The normalized spacial score (nSPS) is 13.5. The Hall–Kier alpha value is -3.48. The highest BCUT2D eigenvalue weighted by molar-refractivity contribution is 5.96. The highest BCUT2D eigenvalue weighted by atomic mass is 16.5. The second kappa shape index (κ2) is 9.77. The Morgan fingerprint density at radius 2 is 1.59 bits per heavy atom. The van der Waals surface area contributed by atoms with Crippen molar-refractivity contribution in [1.29, 1.82) is 0 Å². The molecule has 7 heteroatoms. The Bertz CT molecular complexity index is 1070. The van der Waals surface area contributed by atoms with Gasteiger partial charge in [0.2, 0.25) is 11.6 Å². The number of hydrogen-bond acceptors (Lipinski definition) is 6. The maximum Gasteiger partial charge on any atom is 0.254 e. The molecule has 0 atom stereocenters. The number of pyridine rings is 1. The van der Waals surface area contributed by atoms with Crippen molar-refractivity contribution in [3.63, 3.8) is 0 Å². The minimum absolute atomic E-state index is 0.0898. The van der Waals surface area contributed by atoms with Crippen LogP contribution in [0.25, 0.3) is 10.9 Å². The Morgan fingerprint density at radius 3 is 2.25 bits per heavy atom. The van der Waals surface area contributed by atoms with Crippen LogP contribution < -0.4 is 18.9 Å². The largest absolute Gasteiger partial charge is 0.490 e. The average Bonchev–Trinajstić information content (AvgIpc) is 2.77. The average molecular weight is 437 g/mol. The fourth-order valence-corrected chi connectivity index (χ4v) is 3.66. The summed E-state index contributed by atoms with van der Waals surface area (Å²) in [5.41, 5.74) is 1.39. The molecule has 1 fully saturated rings. The van der Waals surface area contributed by atoms with E-state index < -0.39 is 0 Å². The number of fused-ring (bicyclic) bond motifs is 1. The summed E-state index contributed by atoms with van der Waals surface area (Å²) in [7, 11) is 0. The lowest BCUT2D eigenvalue weighted by Gasteiger charge is -2.38. The summed E-state index contributed by atoms with van der Waals surface area (Å²) in [6, 6.07) is 15.2. The van der Waals surface area contributed by atoms with Gasteiger partial charge in [-0.05, 0) is 45.0 Å². The number of amides is 1. The number of hydrogen-bond donors (Lipinski definition) is 0. The highest BCUT2D eigenvalue weighted by Gasteiger charge is 2.34. The van der Waals surface area contributed by atoms with Gasteiger partial charge in [0, 0.05) is 17.0 Å². The second-order valence-electron chi connectivity index (χ2n) is 7.39. The molecule has 3 aromatic rings. The molecule has 7 nitrogen and oxygen atoms in total.